The third kappa shape index (κ3) is 10.1. The molecule has 0 saturated carbocycles. The molecule has 2 aromatic carbocycles. The summed E-state index contributed by atoms with van der Waals surface area (Å²) in [6, 6.07) is 11.3. The van der Waals surface area contributed by atoms with E-state index in [4.69, 9.17) is 9.47 Å². The highest BCUT2D eigenvalue weighted by atomic mass is 19.1. The number of ether oxygens (including phenoxy) is 2. The van der Waals surface area contributed by atoms with Crippen LogP contribution >= 0.6 is 0 Å². The topological polar surface area (TPSA) is 118 Å². The SMILES string of the molecule is CC(C)(C)OC(=O)NCCC[C@H](CNC(=O)C1Cc2cc(-c3ccc(F)cc3)ccc2N1)NC(=O)OC(C)(C)C. The van der Waals surface area contributed by atoms with Crippen molar-refractivity contribution in [3.8, 4) is 11.1 Å². The third-order valence-corrected chi connectivity index (χ3v) is 5.99. The zero-order valence-electron chi connectivity index (χ0n) is 24.2. The Morgan fingerprint density at radius 1 is 0.925 bits per heavy atom. The molecule has 0 aliphatic carbocycles. The lowest BCUT2D eigenvalue weighted by Gasteiger charge is -2.24. The number of rotatable bonds is 9. The molecular weight excluding hydrogens is 515 g/mol. The van der Waals surface area contributed by atoms with Crippen LogP contribution in [0.3, 0.4) is 0 Å². The maximum absolute atomic E-state index is 13.3. The zero-order valence-corrected chi connectivity index (χ0v) is 24.2. The summed E-state index contributed by atoms with van der Waals surface area (Å²) in [6.45, 7) is 11.2. The molecule has 9 nitrogen and oxygen atoms in total. The van der Waals surface area contributed by atoms with Gasteiger partial charge < -0.3 is 30.7 Å². The molecule has 2 atom stereocenters. The summed E-state index contributed by atoms with van der Waals surface area (Å²) in [5, 5.41) is 11.7. The highest BCUT2D eigenvalue weighted by molar-refractivity contribution is 5.88. The third-order valence-electron chi connectivity index (χ3n) is 5.99. The van der Waals surface area contributed by atoms with Crippen LogP contribution in [0.5, 0.6) is 0 Å². The van der Waals surface area contributed by atoms with Crippen LogP contribution in [0.4, 0.5) is 19.7 Å². The maximum atomic E-state index is 13.3. The van der Waals surface area contributed by atoms with Gasteiger partial charge in [0.15, 0.2) is 0 Å². The van der Waals surface area contributed by atoms with Crippen LogP contribution in [0.2, 0.25) is 0 Å². The van der Waals surface area contributed by atoms with E-state index in [-0.39, 0.29) is 18.3 Å². The molecule has 0 radical (unpaired) electrons. The molecule has 0 bridgehead atoms. The monoisotopic (exact) mass is 556 g/mol. The molecule has 1 aliphatic heterocycles. The Kier molecular flexibility index (Phi) is 10.0. The minimum absolute atomic E-state index is 0.192. The summed E-state index contributed by atoms with van der Waals surface area (Å²) >= 11 is 0. The minimum Gasteiger partial charge on any atom is -0.444 e. The van der Waals surface area contributed by atoms with E-state index in [2.05, 4.69) is 21.3 Å². The van der Waals surface area contributed by atoms with Crippen molar-refractivity contribution in [3.05, 3.63) is 53.8 Å². The minimum atomic E-state index is -0.664. The second-order valence-corrected chi connectivity index (χ2v) is 11.9. The van der Waals surface area contributed by atoms with Crippen LogP contribution in [0, 0.1) is 5.82 Å². The second kappa shape index (κ2) is 13.0. The van der Waals surface area contributed by atoms with E-state index in [1.165, 1.54) is 12.1 Å². The van der Waals surface area contributed by atoms with Crippen LogP contribution in [-0.2, 0) is 20.7 Å². The van der Waals surface area contributed by atoms with Gasteiger partial charge in [0.2, 0.25) is 5.91 Å². The maximum Gasteiger partial charge on any atom is 0.407 e. The van der Waals surface area contributed by atoms with Gasteiger partial charge in [-0.15, -0.1) is 0 Å². The van der Waals surface area contributed by atoms with Crippen molar-refractivity contribution in [2.24, 2.45) is 0 Å². The van der Waals surface area contributed by atoms with Crippen LogP contribution < -0.4 is 21.3 Å². The number of hydrogen-bond acceptors (Lipinski definition) is 6. The first-order chi connectivity index (χ1) is 18.7. The van der Waals surface area contributed by atoms with Gasteiger partial charge in [-0.25, -0.2) is 14.0 Å². The van der Waals surface area contributed by atoms with E-state index in [0.29, 0.717) is 25.8 Å². The van der Waals surface area contributed by atoms with E-state index in [0.717, 1.165) is 22.4 Å². The van der Waals surface area contributed by atoms with Crippen molar-refractivity contribution in [3.63, 3.8) is 0 Å². The number of fused-ring (bicyclic) bond motifs is 1. The van der Waals surface area contributed by atoms with E-state index < -0.39 is 35.5 Å². The Bertz CT molecular complexity index is 1190. The van der Waals surface area contributed by atoms with Crippen molar-refractivity contribution in [1.29, 1.82) is 0 Å². The predicted octanol–water partition coefficient (Wildman–Crippen LogP) is 5.14. The van der Waals surface area contributed by atoms with E-state index in [1.807, 2.05) is 18.2 Å². The lowest BCUT2D eigenvalue weighted by Crippen LogP contribution is -2.48. The van der Waals surface area contributed by atoms with Gasteiger partial charge in [-0.05, 0) is 95.3 Å². The van der Waals surface area contributed by atoms with Gasteiger partial charge in [0, 0.05) is 31.2 Å². The molecule has 1 heterocycles. The van der Waals surface area contributed by atoms with Gasteiger partial charge in [-0.3, -0.25) is 4.79 Å². The Morgan fingerprint density at radius 3 is 2.20 bits per heavy atom. The van der Waals surface area contributed by atoms with Crippen LogP contribution in [0.1, 0.15) is 59.9 Å². The number of halogens is 1. The van der Waals surface area contributed by atoms with E-state index in [1.54, 1.807) is 53.7 Å². The van der Waals surface area contributed by atoms with Gasteiger partial charge in [0.05, 0.1) is 0 Å². The Labute approximate surface area is 235 Å². The van der Waals surface area contributed by atoms with Crippen molar-refractivity contribution in [1.82, 2.24) is 16.0 Å². The molecule has 1 aliphatic rings. The van der Waals surface area contributed by atoms with Crippen LogP contribution in [0.25, 0.3) is 11.1 Å². The Morgan fingerprint density at radius 2 is 1.55 bits per heavy atom. The molecule has 0 saturated heterocycles. The van der Waals surface area contributed by atoms with E-state index in [9.17, 15) is 18.8 Å². The lowest BCUT2D eigenvalue weighted by molar-refractivity contribution is -0.121. The first kappa shape index (κ1) is 30.7. The summed E-state index contributed by atoms with van der Waals surface area (Å²) in [6.07, 6.45) is 0.461. The average Bonchev–Trinajstić information content (AvgIpc) is 3.26. The number of carbonyl (C=O) groups is 3. The predicted molar refractivity (Wildman–Crippen MR) is 153 cm³/mol. The normalized spacial score (nSPS) is 15.3. The average molecular weight is 557 g/mol. The largest absolute Gasteiger partial charge is 0.444 e. The quantitative estimate of drug-likeness (QED) is 0.318. The molecule has 3 amide bonds. The van der Waals surface area contributed by atoms with Gasteiger partial charge in [-0.2, -0.15) is 0 Å². The number of amides is 3. The molecule has 40 heavy (non-hydrogen) atoms. The molecule has 4 N–H and O–H groups in total. The van der Waals surface area contributed by atoms with Crippen molar-refractivity contribution >= 4 is 23.8 Å². The summed E-state index contributed by atoms with van der Waals surface area (Å²) in [5.74, 6) is -0.482. The molecule has 1 unspecified atom stereocenters. The number of hydrogen-bond donors (Lipinski definition) is 4. The van der Waals surface area contributed by atoms with Gasteiger partial charge in [0.25, 0.3) is 0 Å². The molecule has 0 aromatic heterocycles. The molecule has 2 aromatic rings. The Balaban J connectivity index is 1.54. The fourth-order valence-corrected chi connectivity index (χ4v) is 4.24. The fraction of sp³-hybridized carbons (Fsp3) is 0.500. The van der Waals surface area contributed by atoms with Crippen LogP contribution in [0.15, 0.2) is 42.5 Å². The molecule has 3 rings (SSSR count). The first-order valence-corrected chi connectivity index (χ1v) is 13.6. The number of nitrogens with one attached hydrogen (secondary N) is 4. The van der Waals surface area contributed by atoms with Crippen molar-refractivity contribution in [2.45, 2.75) is 84.1 Å². The van der Waals surface area contributed by atoms with Crippen molar-refractivity contribution < 1.29 is 28.2 Å². The van der Waals surface area contributed by atoms with Gasteiger partial charge in [0.1, 0.15) is 23.1 Å². The summed E-state index contributed by atoms with van der Waals surface area (Å²) in [5.41, 5.74) is 2.47. The van der Waals surface area contributed by atoms with Crippen LogP contribution in [-0.4, -0.2) is 54.5 Å². The summed E-state index contributed by atoms with van der Waals surface area (Å²) in [7, 11) is 0. The number of alkyl carbamates (subject to hydrolysis) is 2. The molecule has 0 fully saturated rings. The van der Waals surface area contributed by atoms with Gasteiger partial charge >= 0.3 is 12.2 Å². The van der Waals surface area contributed by atoms with Gasteiger partial charge in [-0.1, -0.05) is 18.2 Å². The number of anilines is 1. The van der Waals surface area contributed by atoms with Crippen molar-refractivity contribution in [2.75, 3.05) is 18.4 Å². The summed E-state index contributed by atoms with van der Waals surface area (Å²) in [4.78, 5) is 37.4. The highest BCUT2D eigenvalue weighted by Gasteiger charge is 2.28. The van der Waals surface area contributed by atoms with E-state index >= 15 is 0 Å². The smallest absolute Gasteiger partial charge is 0.407 e. The lowest BCUT2D eigenvalue weighted by atomic mass is 10.0. The number of carbonyl (C=O) groups excluding carboxylic acids is 3. The standard InChI is InChI=1S/C30H41FN4O5/c1-29(2,3)39-27(37)32-15-7-8-23(34-28(38)40-30(4,5)6)18-33-26(36)25-17-21-16-20(11-14-24(21)35-25)19-9-12-22(31)13-10-19/h9-14,16,23,25,35H,7-8,15,17-18H2,1-6H3,(H,32,37)(H,33,36)(H,34,38)/t23-,25?/m1/s1. The molecule has 10 heteroatoms. The molecular formula is C30H41FN4O5. The highest BCUT2D eigenvalue weighted by Crippen LogP contribution is 2.31. The Hall–Kier alpha value is -3.82. The first-order valence-electron chi connectivity index (χ1n) is 13.6. The molecule has 218 valence electrons. The second-order valence-electron chi connectivity index (χ2n) is 11.9. The fourth-order valence-electron chi connectivity index (χ4n) is 4.24. The molecule has 0 spiro atoms. The number of benzene rings is 2. The zero-order chi connectivity index (χ0) is 29.5. The summed E-state index contributed by atoms with van der Waals surface area (Å²) < 4.78 is 23.9.